The highest BCUT2D eigenvalue weighted by Gasteiger charge is 2.00. The van der Waals surface area contributed by atoms with Gasteiger partial charge < -0.3 is 5.32 Å². The average Bonchev–Trinajstić information content (AvgIpc) is 2.30. The van der Waals surface area contributed by atoms with Gasteiger partial charge in [-0.2, -0.15) is 0 Å². The van der Waals surface area contributed by atoms with E-state index in [4.69, 9.17) is 0 Å². The number of hydrogen-bond acceptors (Lipinski definition) is 3. The van der Waals surface area contributed by atoms with E-state index in [9.17, 15) is 4.39 Å². The largest absolute Gasteiger partial charge is 0.373 e. The third-order valence-electron chi connectivity index (χ3n) is 2.06. The predicted molar refractivity (Wildman–Crippen MR) is 57.0 cm³/mol. The van der Waals surface area contributed by atoms with Crippen molar-refractivity contribution in [2.75, 3.05) is 12.4 Å². The van der Waals surface area contributed by atoms with Gasteiger partial charge in [0.1, 0.15) is 18.0 Å². The van der Waals surface area contributed by atoms with Crippen molar-refractivity contribution in [1.82, 2.24) is 9.97 Å². The smallest absolute Gasteiger partial charge is 0.129 e. The van der Waals surface area contributed by atoms with E-state index in [0.29, 0.717) is 0 Å². The van der Waals surface area contributed by atoms with Gasteiger partial charge in [0, 0.05) is 18.7 Å². The Labute approximate surface area is 87.0 Å². The first-order valence-electron chi connectivity index (χ1n) is 4.55. The molecule has 15 heavy (non-hydrogen) atoms. The highest BCUT2D eigenvalue weighted by Crippen LogP contribution is 2.18. The molecule has 0 radical (unpaired) electrons. The number of halogens is 1. The molecule has 0 saturated heterocycles. The molecule has 2 aromatic rings. The summed E-state index contributed by atoms with van der Waals surface area (Å²) in [6.07, 6.45) is 1.48. The lowest BCUT2D eigenvalue weighted by Gasteiger charge is -2.02. The molecular weight excluding hydrogens is 193 g/mol. The molecule has 1 N–H and O–H groups in total. The number of aromatic nitrogens is 2. The van der Waals surface area contributed by atoms with E-state index in [0.717, 1.165) is 17.1 Å². The predicted octanol–water partition coefficient (Wildman–Crippen LogP) is 2.32. The van der Waals surface area contributed by atoms with E-state index in [-0.39, 0.29) is 5.82 Å². The number of benzene rings is 1. The summed E-state index contributed by atoms with van der Waals surface area (Å²) in [7, 11) is 1.79. The Morgan fingerprint density at radius 1 is 1.13 bits per heavy atom. The van der Waals surface area contributed by atoms with Gasteiger partial charge in [0.25, 0.3) is 0 Å². The van der Waals surface area contributed by atoms with Crippen molar-refractivity contribution in [3.05, 3.63) is 42.5 Å². The van der Waals surface area contributed by atoms with Crippen LogP contribution in [0.25, 0.3) is 11.3 Å². The molecule has 0 aliphatic rings. The molecule has 1 aromatic carbocycles. The molecular formula is C11H10FN3. The highest BCUT2D eigenvalue weighted by molar-refractivity contribution is 5.61. The first kappa shape index (κ1) is 9.58. The molecule has 1 aromatic heterocycles. The number of rotatable bonds is 2. The van der Waals surface area contributed by atoms with Crippen LogP contribution in [0.3, 0.4) is 0 Å². The molecule has 1 heterocycles. The number of nitrogens with one attached hydrogen (secondary N) is 1. The van der Waals surface area contributed by atoms with Crippen LogP contribution in [0.2, 0.25) is 0 Å². The zero-order valence-corrected chi connectivity index (χ0v) is 8.24. The SMILES string of the molecule is CNc1cc(-c2ccc(F)cc2)ncn1. The lowest BCUT2D eigenvalue weighted by atomic mass is 10.1. The van der Waals surface area contributed by atoms with Gasteiger partial charge in [-0.05, 0) is 24.3 Å². The van der Waals surface area contributed by atoms with Crippen molar-refractivity contribution in [2.45, 2.75) is 0 Å². The molecule has 3 nitrogen and oxygen atoms in total. The Morgan fingerprint density at radius 2 is 1.87 bits per heavy atom. The third kappa shape index (κ3) is 2.10. The minimum Gasteiger partial charge on any atom is -0.373 e. The van der Waals surface area contributed by atoms with Crippen LogP contribution in [0.15, 0.2) is 36.7 Å². The Kier molecular flexibility index (Phi) is 2.58. The molecule has 0 amide bonds. The lowest BCUT2D eigenvalue weighted by Crippen LogP contribution is -1.94. The highest BCUT2D eigenvalue weighted by atomic mass is 19.1. The minimum atomic E-state index is -0.248. The summed E-state index contributed by atoms with van der Waals surface area (Å²) in [5, 5.41) is 2.92. The number of nitrogens with zero attached hydrogens (tertiary/aromatic N) is 2. The summed E-state index contributed by atoms with van der Waals surface area (Å²) in [5.74, 6) is 0.492. The fraction of sp³-hybridized carbons (Fsp3) is 0.0909. The molecule has 0 bridgehead atoms. The average molecular weight is 203 g/mol. The maximum absolute atomic E-state index is 12.7. The summed E-state index contributed by atoms with van der Waals surface area (Å²) in [6, 6.07) is 8.02. The summed E-state index contributed by atoms with van der Waals surface area (Å²) < 4.78 is 12.7. The van der Waals surface area contributed by atoms with E-state index in [1.165, 1.54) is 18.5 Å². The van der Waals surface area contributed by atoms with E-state index in [2.05, 4.69) is 15.3 Å². The summed E-state index contributed by atoms with van der Waals surface area (Å²) in [4.78, 5) is 8.12. The van der Waals surface area contributed by atoms with Gasteiger partial charge in [0.2, 0.25) is 0 Å². The second-order valence-corrected chi connectivity index (χ2v) is 3.05. The van der Waals surface area contributed by atoms with E-state index < -0.39 is 0 Å². The van der Waals surface area contributed by atoms with Crippen LogP contribution in [-0.4, -0.2) is 17.0 Å². The maximum Gasteiger partial charge on any atom is 0.129 e. The van der Waals surface area contributed by atoms with Gasteiger partial charge in [-0.25, -0.2) is 14.4 Å². The van der Waals surface area contributed by atoms with Crippen LogP contribution < -0.4 is 5.32 Å². The molecule has 0 spiro atoms. The third-order valence-corrected chi connectivity index (χ3v) is 2.06. The molecule has 0 aliphatic carbocycles. The Morgan fingerprint density at radius 3 is 2.53 bits per heavy atom. The van der Waals surface area contributed by atoms with Crippen LogP contribution >= 0.6 is 0 Å². The van der Waals surface area contributed by atoms with Crippen LogP contribution in [0.5, 0.6) is 0 Å². The fourth-order valence-electron chi connectivity index (χ4n) is 1.27. The van der Waals surface area contributed by atoms with Crippen molar-refractivity contribution in [3.8, 4) is 11.3 Å². The van der Waals surface area contributed by atoms with E-state index >= 15 is 0 Å². The number of anilines is 1. The van der Waals surface area contributed by atoms with Crippen molar-refractivity contribution >= 4 is 5.82 Å². The van der Waals surface area contributed by atoms with Crippen LogP contribution in [-0.2, 0) is 0 Å². The monoisotopic (exact) mass is 203 g/mol. The van der Waals surface area contributed by atoms with Crippen molar-refractivity contribution in [3.63, 3.8) is 0 Å². The van der Waals surface area contributed by atoms with Gasteiger partial charge in [0.05, 0.1) is 5.69 Å². The maximum atomic E-state index is 12.7. The van der Waals surface area contributed by atoms with Gasteiger partial charge >= 0.3 is 0 Å². The second-order valence-electron chi connectivity index (χ2n) is 3.05. The summed E-state index contributed by atoms with van der Waals surface area (Å²) in [5.41, 5.74) is 1.64. The van der Waals surface area contributed by atoms with Gasteiger partial charge in [0.15, 0.2) is 0 Å². The van der Waals surface area contributed by atoms with E-state index in [1.807, 2.05) is 6.07 Å². The first-order chi connectivity index (χ1) is 7.29. The summed E-state index contributed by atoms with van der Waals surface area (Å²) >= 11 is 0. The van der Waals surface area contributed by atoms with Gasteiger partial charge in [-0.1, -0.05) is 0 Å². The molecule has 0 fully saturated rings. The normalized spacial score (nSPS) is 10.0. The molecule has 0 atom stereocenters. The molecule has 0 unspecified atom stereocenters. The van der Waals surface area contributed by atoms with Crippen LogP contribution in [0.4, 0.5) is 10.2 Å². The van der Waals surface area contributed by atoms with Crippen molar-refractivity contribution < 1.29 is 4.39 Å². The van der Waals surface area contributed by atoms with Crippen LogP contribution in [0.1, 0.15) is 0 Å². The second kappa shape index (κ2) is 4.04. The zero-order valence-electron chi connectivity index (χ0n) is 8.24. The summed E-state index contributed by atoms with van der Waals surface area (Å²) in [6.45, 7) is 0. The molecule has 76 valence electrons. The van der Waals surface area contributed by atoms with Crippen LogP contribution in [0, 0.1) is 5.82 Å². The number of hydrogen-bond donors (Lipinski definition) is 1. The standard InChI is InChI=1S/C11H10FN3/c1-13-11-6-10(14-7-15-11)8-2-4-9(12)5-3-8/h2-7H,1H3,(H,13,14,15). The lowest BCUT2D eigenvalue weighted by molar-refractivity contribution is 0.628. The minimum absolute atomic E-state index is 0.248. The Balaban J connectivity index is 2.40. The molecule has 0 saturated carbocycles. The van der Waals surface area contributed by atoms with Gasteiger partial charge in [-0.3, -0.25) is 0 Å². The van der Waals surface area contributed by atoms with Crippen molar-refractivity contribution in [2.24, 2.45) is 0 Å². The Bertz CT molecular complexity index is 454. The first-order valence-corrected chi connectivity index (χ1v) is 4.55. The molecule has 2 rings (SSSR count). The topological polar surface area (TPSA) is 37.8 Å². The van der Waals surface area contributed by atoms with E-state index in [1.54, 1.807) is 19.2 Å². The molecule has 4 heteroatoms. The van der Waals surface area contributed by atoms with Crippen molar-refractivity contribution in [1.29, 1.82) is 0 Å². The quantitative estimate of drug-likeness (QED) is 0.813. The zero-order chi connectivity index (χ0) is 10.7. The van der Waals surface area contributed by atoms with Gasteiger partial charge in [-0.15, -0.1) is 0 Å². The Hall–Kier alpha value is -1.97. The fourth-order valence-corrected chi connectivity index (χ4v) is 1.27. The molecule has 0 aliphatic heterocycles.